The van der Waals surface area contributed by atoms with Gasteiger partial charge in [0.1, 0.15) is 3.70 Å². The smallest absolute Gasteiger partial charge is 0.338 e. The maximum atomic E-state index is 12.4. The van der Waals surface area contributed by atoms with E-state index in [0.29, 0.717) is 0 Å². The van der Waals surface area contributed by atoms with Gasteiger partial charge in [0.15, 0.2) is 0 Å². The maximum absolute atomic E-state index is 12.4. The Morgan fingerprint density at radius 1 is 1.64 bits per heavy atom. The first-order valence-electron chi connectivity index (χ1n) is 3.30. The molecule has 0 atom stereocenters. The van der Waals surface area contributed by atoms with Crippen molar-refractivity contribution in [2.75, 3.05) is 0 Å². The molecule has 1 rings (SSSR count). The quantitative estimate of drug-likeness (QED) is 0.669. The molecule has 7 heteroatoms. The molecule has 14 heavy (non-hydrogen) atoms. The fourth-order valence-corrected chi connectivity index (χ4v) is 1.92. The van der Waals surface area contributed by atoms with Crippen LogP contribution < -0.4 is 0 Å². The second-order valence-electron chi connectivity index (χ2n) is 2.30. The van der Waals surface area contributed by atoms with E-state index in [4.69, 9.17) is 16.7 Å². The van der Waals surface area contributed by atoms with E-state index in [1.54, 1.807) is 22.6 Å². The lowest BCUT2D eigenvalue weighted by Crippen LogP contribution is -2.04. The van der Waals surface area contributed by atoms with Crippen molar-refractivity contribution in [1.82, 2.24) is 4.98 Å². The number of carboxylic acid groups (broad SMARTS) is 1. The molecule has 1 aromatic heterocycles. The molecule has 1 N–H and O–H groups in total. The van der Waals surface area contributed by atoms with Gasteiger partial charge in [-0.25, -0.2) is 18.6 Å². The van der Waals surface area contributed by atoms with Gasteiger partial charge in [0.25, 0.3) is 6.43 Å². The highest BCUT2D eigenvalue weighted by molar-refractivity contribution is 14.1. The molecule has 76 valence electrons. The molecule has 0 aliphatic carbocycles. The molecule has 0 saturated carbocycles. The Morgan fingerprint density at radius 3 is 2.64 bits per heavy atom. The van der Waals surface area contributed by atoms with E-state index >= 15 is 0 Å². The van der Waals surface area contributed by atoms with E-state index < -0.39 is 28.5 Å². The predicted octanol–water partition coefficient (Wildman–Crippen LogP) is 2.98. The number of aromatic nitrogens is 1. The van der Waals surface area contributed by atoms with Crippen molar-refractivity contribution in [3.63, 3.8) is 0 Å². The summed E-state index contributed by atoms with van der Waals surface area (Å²) in [6, 6.07) is 0. The minimum Gasteiger partial charge on any atom is -0.478 e. The molecule has 0 aliphatic heterocycles. The van der Waals surface area contributed by atoms with Crippen molar-refractivity contribution in [2.24, 2.45) is 0 Å². The Bertz CT molecular complexity index is 386. The van der Waals surface area contributed by atoms with Gasteiger partial charge >= 0.3 is 5.97 Å². The van der Waals surface area contributed by atoms with Crippen LogP contribution in [-0.4, -0.2) is 16.1 Å². The molecular weight excluding hydrogens is 330 g/mol. The van der Waals surface area contributed by atoms with E-state index in [1.807, 2.05) is 0 Å². The van der Waals surface area contributed by atoms with Crippen molar-refractivity contribution in [1.29, 1.82) is 0 Å². The van der Waals surface area contributed by atoms with Crippen LogP contribution in [0.25, 0.3) is 0 Å². The van der Waals surface area contributed by atoms with Gasteiger partial charge < -0.3 is 5.11 Å². The van der Waals surface area contributed by atoms with E-state index in [0.717, 1.165) is 6.20 Å². The van der Waals surface area contributed by atoms with Crippen molar-refractivity contribution in [3.05, 3.63) is 26.0 Å². The molecular formula is C7H3ClF2INO2. The van der Waals surface area contributed by atoms with Crippen LogP contribution in [0.2, 0.25) is 5.02 Å². The Kier molecular flexibility index (Phi) is 3.59. The van der Waals surface area contributed by atoms with Crippen LogP contribution in [0.1, 0.15) is 22.3 Å². The zero-order valence-electron chi connectivity index (χ0n) is 6.47. The monoisotopic (exact) mass is 333 g/mol. The van der Waals surface area contributed by atoms with Gasteiger partial charge in [-0.15, -0.1) is 0 Å². The molecule has 0 aromatic carbocycles. The Balaban J connectivity index is 3.41. The lowest BCUT2D eigenvalue weighted by atomic mass is 10.2. The highest BCUT2D eigenvalue weighted by Crippen LogP contribution is 2.32. The Labute approximate surface area is 96.2 Å². The van der Waals surface area contributed by atoms with E-state index in [1.165, 1.54) is 0 Å². The highest BCUT2D eigenvalue weighted by Gasteiger charge is 2.22. The topological polar surface area (TPSA) is 50.2 Å². The predicted molar refractivity (Wildman–Crippen MR) is 53.9 cm³/mol. The molecule has 3 nitrogen and oxygen atoms in total. The van der Waals surface area contributed by atoms with Crippen molar-refractivity contribution in [2.45, 2.75) is 6.43 Å². The van der Waals surface area contributed by atoms with E-state index in [-0.39, 0.29) is 3.70 Å². The summed E-state index contributed by atoms with van der Waals surface area (Å²) in [5.41, 5.74) is -0.949. The van der Waals surface area contributed by atoms with E-state index in [2.05, 4.69) is 4.98 Å². The summed E-state index contributed by atoms with van der Waals surface area (Å²) in [5.74, 6) is -1.37. The number of hydrogen-bond donors (Lipinski definition) is 1. The first-order chi connectivity index (χ1) is 6.45. The van der Waals surface area contributed by atoms with Gasteiger partial charge in [0, 0.05) is 6.20 Å². The molecule has 0 bridgehead atoms. The number of pyridine rings is 1. The van der Waals surface area contributed by atoms with Crippen LogP contribution in [0.4, 0.5) is 8.78 Å². The molecule has 0 spiro atoms. The number of carbonyl (C=O) groups is 1. The number of hydrogen-bond acceptors (Lipinski definition) is 2. The zero-order chi connectivity index (χ0) is 10.9. The van der Waals surface area contributed by atoms with Gasteiger partial charge in [-0.2, -0.15) is 0 Å². The van der Waals surface area contributed by atoms with Crippen molar-refractivity contribution >= 4 is 40.2 Å². The van der Waals surface area contributed by atoms with Crippen LogP contribution in [0, 0.1) is 3.70 Å². The Morgan fingerprint density at radius 2 is 2.21 bits per heavy atom. The normalized spacial score (nSPS) is 10.6. The third-order valence-corrected chi connectivity index (χ3v) is 2.72. The summed E-state index contributed by atoms with van der Waals surface area (Å²) in [5, 5.41) is 8.14. The fourth-order valence-electron chi connectivity index (χ4n) is 0.818. The second-order valence-corrected chi connectivity index (χ2v) is 3.70. The summed E-state index contributed by atoms with van der Waals surface area (Å²) in [4.78, 5) is 14.1. The largest absolute Gasteiger partial charge is 0.478 e. The molecule has 1 heterocycles. The Hall–Kier alpha value is -0.500. The van der Waals surface area contributed by atoms with Crippen LogP contribution in [0.3, 0.4) is 0 Å². The van der Waals surface area contributed by atoms with Gasteiger partial charge in [0.2, 0.25) is 0 Å². The number of alkyl halides is 2. The number of nitrogens with zero attached hydrogens (tertiary/aromatic N) is 1. The summed E-state index contributed by atoms with van der Waals surface area (Å²) in [6.45, 7) is 0. The molecule has 0 fully saturated rings. The number of carboxylic acids is 1. The summed E-state index contributed by atoms with van der Waals surface area (Å²) < 4.78 is 24.8. The summed E-state index contributed by atoms with van der Waals surface area (Å²) in [6.07, 6.45) is -1.88. The van der Waals surface area contributed by atoms with Crippen LogP contribution in [0.5, 0.6) is 0 Å². The summed E-state index contributed by atoms with van der Waals surface area (Å²) in [7, 11) is 0. The average molecular weight is 333 g/mol. The number of halogens is 4. The second kappa shape index (κ2) is 4.35. The standard InChI is InChI=1S/C7H3ClF2INO2/c8-4-2(7(13)14)1-12-6(11)3(4)5(9)10/h1,5H,(H,13,14). The highest BCUT2D eigenvalue weighted by atomic mass is 127. The molecule has 0 amide bonds. The number of rotatable bonds is 2. The summed E-state index contributed by atoms with van der Waals surface area (Å²) >= 11 is 7.07. The maximum Gasteiger partial charge on any atom is 0.338 e. The van der Waals surface area contributed by atoms with Gasteiger partial charge in [0.05, 0.1) is 16.1 Å². The number of aromatic carboxylic acids is 1. The zero-order valence-corrected chi connectivity index (χ0v) is 9.38. The van der Waals surface area contributed by atoms with Crippen molar-refractivity contribution in [3.8, 4) is 0 Å². The SMILES string of the molecule is O=C(O)c1cnc(I)c(C(F)F)c1Cl. The molecule has 1 aromatic rings. The first-order valence-corrected chi connectivity index (χ1v) is 4.76. The average Bonchev–Trinajstić information content (AvgIpc) is 2.02. The minimum absolute atomic E-state index is 0.00704. The van der Waals surface area contributed by atoms with Crippen LogP contribution in [-0.2, 0) is 0 Å². The first kappa shape index (κ1) is 11.6. The molecule has 0 unspecified atom stereocenters. The van der Waals surface area contributed by atoms with Crippen molar-refractivity contribution < 1.29 is 18.7 Å². The third kappa shape index (κ3) is 2.11. The van der Waals surface area contributed by atoms with Crippen LogP contribution in [0.15, 0.2) is 6.20 Å². The fraction of sp³-hybridized carbons (Fsp3) is 0.143. The van der Waals surface area contributed by atoms with Gasteiger partial charge in [-0.3, -0.25) is 0 Å². The minimum atomic E-state index is -2.83. The van der Waals surface area contributed by atoms with Gasteiger partial charge in [-0.05, 0) is 22.6 Å². The van der Waals surface area contributed by atoms with E-state index in [9.17, 15) is 13.6 Å². The lowest BCUT2D eigenvalue weighted by molar-refractivity contribution is 0.0696. The van der Waals surface area contributed by atoms with Crippen LogP contribution >= 0.6 is 34.2 Å². The lowest BCUT2D eigenvalue weighted by Gasteiger charge is -2.07. The third-order valence-electron chi connectivity index (χ3n) is 1.45. The molecule has 0 radical (unpaired) electrons. The van der Waals surface area contributed by atoms with Gasteiger partial charge in [-0.1, -0.05) is 11.6 Å². The molecule has 0 aliphatic rings. The molecule has 0 saturated heterocycles.